The average molecular weight is 381 g/mol. The Kier molecular flexibility index (Phi) is 5.28. The van der Waals surface area contributed by atoms with Gasteiger partial charge < -0.3 is 10.2 Å². The van der Waals surface area contributed by atoms with Crippen LogP contribution in [0.5, 0.6) is 0 Å². The van der Waals surface area contributed by atoms with Crippen LogP contribution >= 0.6 is 35.0 Å². The molecule has 3 nitrogen and oxygen atoms in total. The number of thioether (sulfide) groups is 1. The number of carbonyl (C=O) groups is 1. The topological polar surface area (TPSA) is 32.3 Å². The smallest absolute Gasteiger partial charge is 0.308 e. The van der Waals surface area contributed by atoms with Crippen LogP contribution < -0.4 is 5.32 Å². The van der Waals surface area contributed by atoms with Crippen LogP contribution in [0.3, 0.4) is 0 Å². The van der Waals surface area contributed by atoms with Crippen molar-refractivity contribution in [2.75, 3.05) is 17.6 Å². The molecule has 0 saturated carbocycles. The van der Waals surface area contributed by atoms with Gasteiger partial charge in [0.15, 0.2) is 0 Å². The Bertz CT molecular complexity index is 782. The molecule has 126 valence electrons. The summed E-state index contributed by atoms with van der Waals surface area (Å²) < 4.78 is 0. The maximum absolute atomic E-state index is 12.8. The highest BCUT2D eigenvalue weighted by Gasteiger charge is 2.32. The Morgan fingerprint density at radius 2 is 2.04 bits per heavy atom. The predicted octanol–water partition coefficient (Wildman–Crippen LogP) is 5.89. The van der Waals surface area contributed by atoms with Gasteiger partial charge in [-0.2, -0.15) is 0 Å². The van der Waals surface area contributed by atoms with E-state index in [2.05, 4.69) is 5.32 Å². The Hall–Kier alpha value is -1.36. The van der Waals surface area contributed by atoms with Crippen molar-refractivity contribution in [3.8, 4) is 0 Å². The normalized spacial score (nSPS) is 17.2. The molecule has 0 aliphatic carbocycles. The fourth-order valence-electron chi connectivity index (χ4n) is 2.71. The molecule has 2 amide bonds. The van der Waals surface area contributed by atoms with Crippen LogP contribution in [0, 0.1) is 13.8 Å². The number of hydrogen-bond donors (Lipinski definition) is 1. The van der Waals surface area contributed by atoms with Crippen LogP contribution in [0.15, 0.2) is 36.4 Å². The van der Waals surface area contributed by atoms with Gasteiger partial charge in [0.1, 0.15) is 5.37 Å². The minimum Gasteiger partial charge on any atom is -0.308 e. The van der Waals surface area contributed by atoms with E-state index in [-0.39, 0.29) is 11.4 Å². The van der Waals surface area contributed by atoms with E-state index in [9.17, 15) is 4.79 Å². The highest BCUT2D eigenvalue weighted by atomic mass is 35.5. The van der Waals surface area contributed by atoms with Crippen LogP contribution in [-0.2, 0) is 0 Å². The van der Waals surface area contributed by atoms with Gasteiger partial charge in [-0.1, -0.05) is 41.4 Å². The monoisotopic (exact) mass is 380 g/mol. The van der Waals surface area contributed by atoms with Gasteiger partial charge in [-0.15, -0.1) is 11.8 Å². The third-order valence-corrected chi connectivity index (χ3v) is 6.03. The maximum Gasteiger partial charge on any atom is 0.323 e. The fraction of sp³-hybridized carbons (Fsp3) is 0.278. The second-order valence-electron chi connectivity index (χ2n) is 5.76. The van der Waals surface area contributed by atoms with Gasteiger partial charge in [-0.05, 0) is 43.2 Å². The first-order valence-corrected chi connectivity index (χ1v) is 9.48. The number of benzene rings is 2. The van der Waals surface area contributed by atoms with Crippen LogP contribution in [-0.4, -0.2) is 23.2 Å². The molecule has 0 aromatic heterocycles. The van der Waals surface area contributed by atoms with E-state index in [1.807, 2.05) is 49.1 Å². The summed E-state index contributed by atoms with van der Waals surface area (Å²) in [6.45, 7) is 4.73. The van der Waals surface area contributed by atoms with E-state index >= 15 is 0 Å². The van der Waals surface area contributed by atoms with E-state index in [1.165, 1.54) is 0 Å². The lowest BCUT2D eigenvalue weighted by molar-refractivity contribution is 0.214. The summed E-state index contributed by atoms with van der Waals surface area (Å²) in [4.78, 5) is 14.6. The molecule has 6 heteroatoms. The van der Waals surface area contributed by atoms with E-state index in [0.717, 1.165) is 28.1 Å². The highest BCUT2D eigenvalue weighted by molar-refractivity contribution is 7.99. The molecule has 0 radical (unpaired) electrons. The number of halogens is 2. The lowest BCUT2D eigenvalue weighted by Gasteiger charge is -2.25. The molecule has 1 saturated heterocycles. The summed E-state index contributed by atoms with van der Waals surface area (Å²) in [6, 6.07) is 11.2. The molecule has 0 spiro atoms. The molecule has 1 aliphatic heterocycles. The number of aryl methyl sites for hydroxylation is 1. The molecule has 0 bridgehead atoms. The Morgan fingerprint density at radius 3 is 2.79 bits per heavy atom. The first kappa shape index (κ1) is 17.5. The number of carbonyl (C=O) groups excluding carboxylic acids is 1. The highest BCUT2D eigenvalue weighted by Crippen LogP contribution is 2.41. The summed E-state index contributed by atoms with van der Waals surface area (Å²) in [7, 11) is 0. The van der Waals surface area contributed by atoms with E-state index < -0.39 is 0 Å². The van der Waals surface area contributed by atoms with E-state index in [0.29, 0.717) is 16.6 Å². The molecule has 0 unspecified atom stereocenters. The van der Waals surface area contributed by atoms with Crippen LogP contribution in [0.4, 0.5) is 10.5 Å². The quantitative estimate of drug-likeness (QED) is 0.704. The zero-order valence-corrected chi connectivity index (χ0v) is 15.8. The van der Waals surface area contributed by atoms with Gasteiger partial charge in [0, 0.05) is 33.6 Å². The van der Waals surface area contributed by atoms with Crippen molar-refractivity contribution in [3.63, 3.8) is 0 Å². The minimum atomic E-state index is -0.107. The summed E-state index contributed by atoms with van der Waals surface area (Å²) in [5.41, 5.74) is 4.00. The largest absolute Gasteiger partial charge is 0.323 e. The molecule has 2 aromatic rings. The number of rotatable bonds is 2. The van der Waals surface area contributed by atoms with Crippen LogP contribution in [0.25, 0.3) is 0 Å². The first-order valence-electron chi connectivity index (χ1n) is 7.68. The van der Waals surface area contributed by atoms with Crippen molar-refractivity contribution in [1.29, 1.82) is 0 Å². The van der Waals surface area contributed by atoms with Crippen molar-refractivity contribution in [1.82, 2.24) is 4.90 Å². The molecule has 1 N–H and O–H groups in total. The minimum absolute atomic E-state index is 0.0973. The SMILES string of the molecule is Cc1cccc(NC(=O)N2CCS[C@@H]2c2ccc(Cl)cc2Cl)c1C. The molecule has 1 atom stereocenters. The van der Waals surface area contributed by atoms with Gasteiger partial charge in [0.2, 0.25) is 0 Å². The van der Waals surface area contributed by atoms with Gasteiger partial charge in [-0.3, -0.25) is 0 Å². The van der Waals surface area contributed by atoms with Gasteiger partial charge in [-0.25, -0.2) is 4.79 Å². The molecular weight excluding hydrogens is 363 g/mol. The van der Waals surface area contributed by atoms with Crippen molar-refractivity contribution in [2.24, 2.45) is 0 Å². The lowest BCUT2D eigenvalue weighted by atomic mass is 10.1. The van der Waals surface area contributed by atoms with Crippen molar-refractivity contribution >= 4 is 46.7 Å². The number of urea groups is 1. The summed E-state index contributed by atoms with van der Waals surface area (Å²) in [6.07, 6.45) is 0. The Labute approximate surface area is 156 Å². The standard InChI is InChI=1S/C18H18Cl2N2OS/c1-11-4-3-5-16(12(11)2)21-18(23)22-8-9-24-17(22)14-7-6-13(19)10-15(14)20/h3-7,10,17H,8-9H2,1-2H3,(H,21,23)/t17-/m1/s1. The molecule has 2 aromatic carbocycles. The predicted molar refractivity (Wildman–Crippen MR) is 103 cm³/mol. The lowest BCUT2D eigenvalue weighted by Crippen LogP contribution is -2.34. The van der Waals surface area contributed by atoms with Gasteiger partial charge in [0.25, 0.3) is 0 Å². The van der Waals surface area contributed by atoms with E-state index in [1.54, 1.807) is 17.8 Å². The number of nitrogens with zero attached hydrogens (tertiary/aromatic N) is 1. The molecule has 3 rings (SSSR count). The summed E-state index contributed by atoms with van der Waals surface area (Å²) in [5.74, 6) is 0.879. The molecule has 1 fully saturated rings. The second-order valence-corrected chi connectivity index (χ2v) is 7.79. The van der Waals surface area contributed by atoms with Crippen molar-refractivity contribution < 1.29 is 4.79 Å². The molecule has 24 heavy (non-hydrogen) atoms. The maximum atomic E-state index is 12.8. The third kappa shape index (κ3) is 3.51. The Balaban J connectivity index is 1.82. The summed E-state index contributed by atoms with van der Waals surface area (Å²) in [5, 5.41) is 4.12. The Morgan fingerprint density at radius 1 is 1.25 bits per heavy atom. The molecule has 1 heterocycles. The van der Waals surface area contributed by atoms with Gasteiger partial charge in [0.05, 0.1) is 0 Å². The van der Waals surface area contributed by atoms with Crippen LogP contribution in [0.2, 0.25) is 10.0 Å². The number of amides is 2. The molecular formula is C18H18Cl2N2OS. The fourth-order valence-corrected chi connectivity index (χ4v) is 4.58. The zero-order chi connectivity index (χ0) is 17.3. The van der Waals surface area contributed by atoms with E-state index in [4.69, 9.17) is 23.2 Å². The molecule has 1 aliphatic rings. The third-order valence-electron chi connectivity index (χ3n) is 4.23. The zero-order valence-electron chi connectivity index (χ0n) is 13.5. The first-order chi connectivity index (χ1) is 11.5. The average Bonchev–Trinajstić information content (AvgIpc) is 3.01. The number of nitrogens with one attached hydrogen (secondary N) is 1. The van der Waals surface area contributed by atoms with Gasteiger partial charge >= 0.3 is 6.03 Å². The number of anilines is 1. The number of hydrogen-bond acceptors (Lipinski definition) is 2. The van der Waals surface area contributed by atoms with Crippen molar-refractivity contribution in [3.05, 3.63) is 63.1 Å². The summed E-state index contributed by atoms with van der Waals surface area (Å²) >= 11 is 14.0. The van der Waals surface area contributed by atoms with Crippen molar-refractivity contribution in [2.45, 2.75) is 19.2 Å². The van der Waals surface area contributed by atoms with Crippen LogP contribution in [0.1, 0.15) is 22.1 Å². The second kappa shape index (κ2) is 7.26.